The van der Waals surface area contributed by atoms with Crippen LogP contribution in [0, 0.1) is 11.6 Å². The van der Waals surface area contributed by atoms with Gasteiger partial charge < -0.3 is 10.6 Å². The van der Waals surface area contributed by atoms with Crippen LogP contribution < -0.4 is 10.6 Å². The molecule has 0 heterocycles. The third-order valence-corrected chi connectivity index (χ3v) is 2.57. The van der Waals surface area contributed by atoms with E-state index in [4.69, 9.17) is 5.73 Å². The van der Waals surface area contributed by atoms with Crippen molar-refractivity contribution in [3.8, 4) is 0 Å². The normalized spacial score (nSPS) is 10.3. The Labute approximate surface area is 98.3 Å². The first-order valence-corrected chi connectivity index (χ1v) is 5.13. The van der Waals surface area contributed by atoms with E-state index in [1.165, 1.54) is 4.90 Å². The maximum atomic E-state index is 13.6. The van der Waals surface area contributed by atoms with Crippen molar-refractivity contribution >= 4 is 17.1 Å². The maximum Gasteiger partial charge on any atom is 0.147 e. The van der Waals surface area contributed by atoms with E-state index in [1.807, 2.05) is 0 Å². The summed E-state index contributed by atoms with van der Waals surface area (Å²) in [5.74, 6) is -0.972. The van der Waals surface area contributed by atoms with Crippen LogP contribution in [0.4, 0.5) is 25.8 Å². The summed E-state index contributed by atoms with van der Waals surface area (Å²) in [6.07, 6.45) is 0. The van der Waals surface area contributed by atoms with Gasteiger partial charge in [-0.05, 0) is 24.3 Å². The molecule has 0 bridgehead atoms. The zero-order valence-corrected chi connectivity index (χ0v) is 9.32. The van der Waals surface area contributed by atoms with E-state index in [1.54, 1.807) is 31.3 Å². The van der Waals surface area contributed by atoms with Gasteiger partial charge in [0.1, 0.15) is 11.6 Å². The molecular formula is C13H12F2N2. The third kappa shape index (κ3) is 2.20. The molecule has 2 aromatic carbocycles. The van der Waals surface area contributed by atoms with Gasteiger partial charge in [0.25, 0.3) is 0 Å². The zero-order valence-electron chi connectivity index (χ0n) is 9.32. The van der Waals surface area contributed by atoms with E-state index in [-0.39, 0.29) is 5.69 Å². The summed E-state index contributed by atoms with van der Waals surface area (Å²) < 4.78 is 26.7. The second-order valence-corrected chi connectivity index (χ2v) is 3.71. The Morgan fingerprint density at radius 1 is 1.00 bits per heavy atom. The lowest BCUT2D eigenvalue weighted by Crippen LogP contribution is -2.13. The first-order chi connectivity index (χ1) is 8.09. The standard InChI is InChI=1S/C13H12F2N2/c1-17(12-5-3-2-4-11(12)16)13-8-9(14)6-7-10(13)15/h2-8H,16H2,1H3. The largest absolute Gasteiger partial charge is 0.397 e. The summed E-state index contributed by atoms with van der Waals surface area (Å²) in [6, 6.07) is 10.4. The van der Waals surface area contributed by atoms with E-state index < -0.39 is 11.6 Å². The van der Waals surface area contributed by atoms with Crippen molar-refractivity contribution < 1.29 is 8.78 Å². The van der Waals surface area contributed by atoms with Crippen LogP contribution in [0.3, 0.4) is 0 Å². The molecule has 0 saturated carbocycles. The highest BCUT2D eigenvalue weighted by Crippen LogP contribution is 2.30. The first kappa shape index (κ1) is 11.4. The minimum atomic E-state index is -0.489. The number of benzene rings is 2. The minimum Gasteiger partial charge on any atom is -0.397 e. The lowest BCUT2D eigenvalue weighted by atomic mass is 10.2. The van der Waals surface area contributed by atoms with E-state index in [0.29, 0.717) is 11.4 Å². The molecule has 4 heteroatoms. The van der Waals surface area contributed by atoms with Crippen molar-refractivity contribution in [2.75, 3.05) is 17.7 Å². The predicted octanol–water partition coefficient (Wildman–Crippen LogP) is 3.31. The number of nitrogens with zero attached hydrogens (tertiary/aromatic N) is 1. The van der Waals surface area contributed by atoms with Crippen LogP contribution in [0.1, 0.15) is 0 Å². The number of para-hydroxylation sites is 2. The average Bonchev–Trinajstić information content (AvgIpc) is 2.32. The molecule has 0 aliphatic heterocycles. The Balaban J connectivity index is 2.47. The van der Waals surface area contributed by atoms with Crippen molar-refractivity contribution in [2.45, 2.75) is 0 Å². The molecule has 0 atom stereocenters. The van der Waals surface area contributed by atoms with Gasteiger partial charge in [0, 0.05) is 13.1 Å². The number of nitrogens with two attached hydrogens (primary N) is 1. The van der Waals surface area contributed by atoms with Crippen molar-refractivity contribution in [3.63, 3.8) is 0 Å². The molecule has 0 aromatic heterocycles. The van der Waals surface area contributed by atoms with Crippen molar-refractivity contribution in [3.05, 3.63) is 54.1 Å². The molecule has 0 fully saturated rings. The van der Waals surface area contributed by atoms with E-state index in [0.717, 1.165) is 18.2 Å². The molecule has 0 saturated heterocycles. The molecule has 0 amide bonds. The molecule has 2 rings (SSSR count). The Morgan fingerprint density at radius 2 is 1.71 bits per heavy atom. The van der Waals surface area contributed by atoms with Crippen LogP contribution in [0.25, 0.3) is 0 Å². The van der Waals surface area contributed by atoms with Crippen LogP contribution in [0.5, 0.6) is 0 Å². The number of nitrogen functional groups attached to an aromatic ring is 1. The molecule has 2 N–H and O–H groups in total. The highest BCUT2D eigenvalue weighted by Gasteiger charge is 2.12. The van der Waals surface area contributed by atoms with Crippen LogP contribution in [-0.2, 0) is 0 Å². The monoisotopic (exact) mass is 234 g/mol. The zero-order chi connectivity index (χ0) is 12.4. The Kier molecular flexibility index (Phi) is 2.95. The second-order valence-electron chi connectivity index (χ2n) is 3.71. The minimum absolute atomic E-state index is 0.155. The van der Waals surface area contributed by atoms with Gasteiger partial charge in [-0.1, -0.05) is 12.1 Å². The van der Waals surface area contributed by atoms with Gasteiger partial charge in [-0.25, -0.2) is 8.78 Å². The molecule has 0 unspecified atom stereocenters. The van der Waals surface area contributed by atoms with E-state index >= 15 is 0 Å². The summed E-state index contributed by atoms with van der Waals surface area (Å²) in [6.45, 7) is 0. The van der Waals surface area contributed by atoms with Gasteiger partial charge in [-0.15, -0.1) is 0 Å². The van der Waals surface area contributed by atoms with Crippen LogP contribution in [0.15, 0.2) is 42.5 Å². The molecule has 2 nitrogen and oxygen atoms in total. The summed E-state index contributed by atoms with van der Waals surface area (Å²) in [5, 5.41) is 0. The summed E-state index contributed by atoms with van der Waals surface area (Å²) >= 11 is 0. The van der Waals surface area contributed by atoms with Gasteiger partial charge in [-0.2, -0.15) is 0 Å². The quantitative estimate of drug-likeness (QED) is 0.808. The number of rotatable bonds is 2. The molecule has 2 aromatic rings. The van der Waals surface area contributed by atoms with Gasteiger partial charge in [-0.3, -0.25) is 0 Å². The first-order valence-electron chi connectivity index (χ1n) is 5.13. The van der Waals surface area contributed by atoms with Crippen LogP contribution >= 0.6 is 0 Å². The highest BCUT2D eigenvalue weighted by molar-refractivity contribution is 5.74. The van der Waals surface area contributed by atoms with Gasteiger partial charge >= 0.3 is 0 Å². The fraction of sp³-hybridized carbons (Fsp3) is 0.0769. The van der Waals surface area contributed by atoms with Crippen LogP contribution in [0.2, 0.25) is 0 Å². The number of anilines is 3. The highest BCUT2D eigenvalue weighted by atomic mass is 19.1. The van der Waals surface area contributed by atoms with Crippen molar-refractivity contribution in [1.29, 1.82) is 0 Å². The fourth-order valence-electron chi connectivity index (χ4n) is 1.67. The Bertz CT molecular complexity index is 541. The molecule has 0 aliphatic rings. The summed E-state index contributed by atoms with van der Waals surface area (Å²) in [4.78, 5) is 1.52. The summed E-state index contributed by atoms with van der Waals surface area (Å²) in [5.41, 5.74) is 7.09. The fourth-order valence-corrected chi connectivity index (χ4v) is 1.67. The molecule has 0 spiro atoms. The number of halogens is 2. The molecule has 0 radical (unpaired) electrons. The third-order valence-electron chi connectivity index (χ3n) is 2.57. The number of hydrogen-bond acceptors (Lipinski definition) is 2. The van der Waals surface area contributed by atoms with Crippen molar-refractivity contribution in [2.24, 2.45) is 0 Å². The van der Waals surface area contributed by atoms with E-state index in [9.17, 15) is 8.78 Å². The maximum absolute atomic E-state index is 13.6. The van der Waals surface area contributed by atoms with E-state index in [2.05, 4.69) is 0 Å². The van der Waals surface area contributed by atoms with Crippen LogP contribution in [-0.4, -0.2) is 7.05 Å². The SMILES string of the molecule is CN(c1ccccc1N)c1cc(F)ccc1F. The predicted molar refractivity (Wildman–Crippen MR) is 65.3 cm³/mol. The van der Waals surface area contributed by atoms with Gasteiger partial charge in [0.2, 0.25) is 0 Å². The summed E-state index contributed by atoms with van der Waals surface area (Å²) in [7, 11) is 1.64. The Hall–Kier alpha value is -2.10. The van der Waals surface area contributed by atoms with Crippen molar-refractivity contribution in [1.82, 2.24) is 0 Å². The molecular weight excluding hydrogens is 222 g/mol. The second kappa shape index (κ2) is 4.41. The topological polar surface area (TPSA) is 29.3 Å². The number of hydrogen-bond donors (Lipinski definition) is 1. The molecule has 88 valence electrons. The Morgan fingerprint density at radius 3 is 2.41 bits per heavy atom. The van der Waals surface area contributed by atoms with Gasteiger partial charge in [0.15, 0.2) is 0 Å². The smallest absolute Gasteiger partial charge is 0.147 e. The lowest BCUT2D eigenvalue weighted by molar-refractivity contribution is 0.600. The van der Waals surface area contributed by atoms with Gasteiger partial charge in [0.05, 0.1) is 17.1 Å². The molecule has 17 heavy (non-hydrogen) atoms. The lowest BCUT2D eigenvalue weighted by Gasteiger charge is -2.21. The molecule has 0 aliphatic carbocycles. The average molecular weight is 234 g/mol.